The molecule has 1 N–H and O–H groups in total. The Morgan fingerprint density at radius 2 is 2.20 bits per heavy atom. The Morgan fingerprint density at radius 3 is 2.73 bits per heavy atom. The van der Waals surface area contributed by atoms with Crippen LogP contribution < -0.4 is 0 Å². The number of hydrogen-bond donors (Lipinski definition) is 1. The fourth-order valence-corrected chi connectivity index (χ4v) is 1.41. The summed E-state index contributed by atoms with van der Waals surface area (Å²) in [5, 5.41) is 9.40. The Bertz CT molecular complexity index is 178. The molecule has 90 valence electrons. The molecule has 4 nitrogen and oxygen atoms in total. The van der Waals surface area contributed by atoms with Gasteiger partial charge < -0.3 is 14.7 Å². The smallest absolute Gasteiger partial charge is 0.222 e. The van der Waals surface area contributed by atoms with Gasteiger partial charge in [0.1, 0.15) is 0 Å². The third-order valence-electron chi connectivity index (χ3n) is 2.04. The Balaban J connectivity index is 3.68. The standard InChI is InChI=1S/C10H20ClNO3/c1-12(7-9(13)8-15-2)10(14)5-3-4-6-11/h9,13H,3-8H2,1-2H3. The quantitative estimate of drug-likeness (QED) is 0.503. The first-order valence-electron chi connectivity index (χ1n) is 5.08. The first kappa shape index (κ1) is 14.7. The normalized spacial score (nSPS) is 12.5. The fraction of sp³-hybridized carbons (Fsp3) is 0.900. The maximum Gasteiger partial charge on any atom is 0.222 e. The number of aliphatic hydroxyl groups excluding tert-OH is 1. The highest BCUT2D eigenvalue weighted by molar-refractivity contribution is 6.17. The molecule has 0 aliphatic rings. The van der Waals surface area contributed by atoms with E-state index in [1.165, 1.54) is 12.0 Å². The van der Waals surface area contributed by atoms with Crippen molar-refractivity contribution in [3.63, 3.8) is 0 Å². The van der Waals surface area contributed by atoms with Crippen LogP contribution in [0.25, 0.3) is 0 Å². The third kappa shape index (κ3) is 7.59. The van der Waals surface area contributed by atoms with Gasteiger partial charge in [0.15, 0.2) is 0 Å². The highest BCUT2D eigenvalue weighted by Gasteiger charge is 2.12. The van der Waals surface area contributed by atoms with E-state index in [1.54, 1.807) is 7.05 Å². The molecule has 0 aromatic carbocycles. The number of halogens is 1. The van der Waals surface area contributed by atoms with Crippen LogP contribution >= 0.6 is 11.6 Å². The van der Waals surface area contributed by atoms with Crippen molar-refractivity contribution in [3.8, 4) is 0 Å². The molecule has 15 heavy (non-hydrogen) atoms. The van der Waals surface area contributed by atoms with Crippen LogP contribution in [0, 0.1) is 0 Å². The molecule has 0 saturated heterocycles. The molecular formula is C10H20ClNO3. The summed E-state index contributed by atoms with van der Waals surface area (Å²) in [5.41, 5.74) is 0. The van der Waals surface area contributed by atoms with Gasteiger partial charge in [-0.3, -0.25) is 4.79 Å². The molecule has 0 radical (unpaired) electrons. The Morgan fingerprint density at radius 1 is 1.53 bits per heavy atom. The number of amides is 1. The van der Waals surface area contributed by atoms with Crippen LogP contribution in [-0.2, 0) is 9.53 Å². The number of ether oxygens (including phenoxy) is 1. The number of nitrogens with zero attached hydrogens (tertiary/aromatic N) is 1. The summed E-state index contributed by atoms with van der Waals surface area (Å²) >= 11 is 5.51. The number of aliphatic hydroxyl groups is 1. The first-order valence-corrected chi connectivity index (χ1v) is 5.62. The van der Waals surface area contributed by atoms with Crippen LogP contribution in [0.3, 0.4) is 0 Å². The van der Waals surface area contributed by atoms with E-state index >= 15 is 0 Å². The van der Waals surface area contributed by atoms with Gasteiger partial charge in [-0.25, -0.2) is 0 Å². The van der Waals surface area contributed by atoms with Gasteiger partial charge in [-0.05, 0) is 12.8 Å². The lowest BCUT2D eigenvalue weighted by Crippen LogP contribution is -2.36. The molecule has 0 rings (SSSR count). The van der Waals surface area contributed by atoms with Crippen LogP contribution in [0.5, 0.6) is 0 Å². The van der Waals surface area contributed by atoms with Gasteiger partial charge in [-0.15, -0.1) is 11.6 Å². The summed E-state index contributed by atoms with van der Waals surface area (Å²) in [6.07, 6.45) is 1.52. The maximum absolute atomic E-state index is 11.5. The molecule has 0 bridgehead atoms. The Hall–Kier alpha value is -0.320. The molecule has 0 fully saturated rings. The van der Waals surface area contributed by atoms with E-state index in [9.17, 15) is 9.90 Å². The lowest BCUT2D eigenvalue weighted by atomic mass is 10.2. The molecule has 1 unspecified atom stereocenters. The molecule has 1 atom stereocenters. The minimum Gasteiger partial charge on any atom is -0.389 e. The van der Waals surface area contributed by atoms with Gasteiger partial charge >= 0.3 is 0 Å². The molecule has 0 aromatic rings. The van der Waals surface area contributed by atoms with Gasteiger partial charge in [0.25, 0.3) is 0 Å². The van der Waals surface area contributed by atoms with Crippen molar-refractivity contribution in [2.45, 2.75) is 25.4 Å². The number of carbonyl (C=O) groups excluding carboxylic acids is 1. The van der Waals surface area contributed by atoms with E-state index in [-0.39, 0.29) is 12.5 Å². The molecule has 0 spiro atoms. The van der Waals surface area contributed by atoms with E-state index in [2.05, 4.69) is 0 Å². The molecule has 5 heteroatoms. The largest absolute Gasteiger partial charge is 0.389 e. The second-order valence-electron chi connectivity index (χ2n) is 3.53. The predicted molar refractivity (Wildman–Crippen MR) is 60.1 cm³/mol. The molecule has 0 aliphatic heterocycles. The van der Waals surface area contributed by atoms with E-state index in [0.29, 0.717) is 18.8 Å². The number of rotatable bonds is 8. The van der Waals surface area contributed by atoms with Crippen molar-refractivity contribution in [1.29, 1.82) is 0 Å². The van der Waals surface area contributed by atoms with Crippen molar-refractivity contribution in [2.24, 2.45) is 0 Å². The summed E-state index contributed by atoms with van der Waals surface area (Å²) in [5.74, 6) is 0.624. The van der Waals surface area contributed by atoms with Crippen LogP contribution in [-0.4, -0.2) is 55.2 Å². The van der Waals surface area contributed by atoms with Crippen LogP contribution in [0.15, 0.2) is 0 Å². The van der Waals surface area contributed by atoms with Crippen molar-refractivity contribution < 1.29 is 14.6 Å². The molecule has 1 amide bonds. The van der Waals surface area contributed by atoms with E-state index in [1.807, 2.05) is 0 Å². The molecule has 0 aromatic heterocycles. The third-order valence-corrected chi connectivity index (χ3v) is 2.31. The van der Waals surface area contributed by atoms with Crippen LogP contribution in [0.1, 0.15) is 19.3 Å². The second-order valence-corrected chi connectivity index (χ2v) is 3.91. The lowest BCUT2D eigenvalue weighted by Gasteiger charge is -2.20. The van der Waals surface area contributed by atoms with E-state index in [4.69, 9.17) is 16.3 Å². The van der Waals surface area contributed by atoms with Gasteiger partial charge in [-0.2, -0.15) is 0 Å². The number of carbonyl (C=O) groups is 1. The zero-order valence-electron chi connectivity index (χ0n) is 9.41. The number of unbranched alkanes of at least 4 members (excludes halogenated alkanes) is 1. The van der Waals surface area contributed by atoms with Gasteiger partial charge in [0.05, 0.1) is 12.7 Å². The van der Waals surface area contributed by atoms with E-state index < -0.39 is 6.10 Å². The maximum atomic E-state index is 11.5. The highest BCUT2D eigenvalue weighted by Crippen LogP contribution is 2.01. The first-order chi connectivity index (χ1) is 7.11. The Kier molecular flexibility index (Phi) is 8.76. The topological polar surface area (TPSA) is 49.8 Å². The SMILES string of the molecule is COCC(O)CN(C)C(=O)CCCCCl. The van der Waals surface area contributed by atoms with E-state index in [0.717, 1.165) is 12.8 Å². The highest BCUT2D eigenvalue weighted by atomic mass is 35.5. The number of alkyl halides is 1. The predicted octanol–water partition coefficient (Wildman–Crippen LogP) is 0.861. The zero-order valence-corrected chi connectivity index (χ0v) is 10.2. The summed E-state index contributed by atoms with van der Waals surface area (Å²) in [6, 6.07) is 0. The zero-order chi connectivity index (χ0) is 11.7. The van der Waals surface area contributed by atoms with Crippen molar-refractivity contribution >= 4 is 17.5 Å². The van der Waals surface area contributed by atoms with Crippen molar-refractivity contribution in [3.05, 3.63) is 0 Å². The average molecular weight is 238 g/mol. The number of hydrogen-bond acceptors (Lipinski definition) is 3. The van der Waals surface area contributed by atoms with Gasteiger partial charge in [-0.1, -0.05) is 0 Å². The molecule has 0 aliphatic carbocycles. The number of likely N-dealkylation sites (N-methyl/N-ethyl adjacent to an activating group) is 1. The minimum absolute atomic E-state index is 0.0373. The molecular weight excluding hydrogens is 218 g/mol. The minimum atomic E-state index is -0.614. The van der Waals surface area contributed by atoms with Gasteiger partial charge in [0, 0.05) is 33.0 Å². The van der Waals surface area contributed by atoms with Crippen LogP contribution in [0.2, 0.25) is 0 Å². The molecule has 0 heterocycles. The summed E-state index contributed by atoms with van der Waals surface area (Å²) in [4.78, 5) is 13.0. The van der Waals surface area contributed by atoms with Crippen molar-refractivity contribution in [2.75, 3.05) is 33.2 Å². The van der Waals surface area contributed by atoms with Gasteiger partial charge in [0.2, 0.25) is 5.91 Å². The number of methoxy groups -OCH3 is 1. The summed E-state index contributed by atoms with van der Waals surface area (Å²) in [7, 11) is 3.20. The second kappa shape index (κ2) is 8.95. The Labute approximate surface area is 96.2 Å². The fourth-order valence-electron chi connectivity index (χ4n) is 1.22. The molecule has 0 saturated carbocycles. The average Bonchev–Trinajstić information content (AvgIpc) is 2.18. The summed E-state index contributed by atoms with van der Waals surface area (Å²) in [6.45, 7) is 0.562. The lowest BCUT2D eigenvalue weighted by molar-refractivity contribution is -0.131. The van der Waals surface area contributed by atoms with Crippen LogP contribution in [0.4, 0.5) is 0 Å². The monoisotopic (exact) mass is 237 g/mol. The van der Waals surface area contributed by atoms with Crippen molar-refractivity contribution in [1.82, 2.24) is 4.90 Å². The summed E-state index contributed by atoms with van der Waals surface area (Å²) < 4.78 is 4.78.